The van der Waals surface area contributed by atoms with Crippen LogP contribution in [0.15, 0.2) is 53.2 Å². The monoisotopic (exact) mass is 525 g/mol. The van der Waals surface area contributed by atoms with Crippen molar-refractivity contribution in [1.82, 2.24) is 29.9 Å². The van der Waals surface area contributed by atoms with Gasteiger partial charge in [0.05, 0.1) is 43.3 Å². The lowest BCUT2D eigenvalue weighted by atomic mass is 10.1. The fraction of sp³-hybridized carbons (Fsp3) is 0.462. The number of fused-ring (bicyclic) bond motifs is 1. The van der Waals surface area contributed by atoms with Crippen LogP contribution in [0, 0.1) is 0 Å². The van der Waals surface area contributed by atoms with E-state index >= 15 is 0 Å². The van der Waals surface area contributed by atoms with E-state index in [0.29, 0.717) is 45.0 Å². The van der Waals surface area contributed by atoms with E-state index in [-0.39, 0.29) is 23.1 Å². The molecular weight excluding hydrogens is 494 g/mol. The molecule has 0 aliphatic carbocycles. The number of likely N-dealkylation sites (N-methyl/N-ethyl adjacent to an activating group) is 1. The summed E-state index contributed by atoms with van der Waals surface area (Å²) in [5.74, 6) is 0.103. The van der Waals surface area contributed by atoms with E-state index in [2.05, 4.69) is 57.3 Å². The van der Waals surface area contributed by atoms with Gasteiger partial charge in [-0.2, -0.15) is 5.10 Å². The van der Waals surface area contributed by atoms with Gasteiger partial charge in [-0.3, -0.25) is 19.5 Å². The minimum Gasteiger partial charge on any atom is -0.378 e. The number of H-pyrrole nitrogens is 1. The summed E-state index contributed by atoms with van der Waals surface area (Å²) in [5, 5.41) is 6.36. The van der Waals surface area contributed by atoms with Crippen molar-refractivity contribution < 1.29 is 9.53 Å². The molecule has 0 radical (unpaired) electrons. The molecule has 0 bridgehead atoms. The number of carbonyl (C=O) groups is 1. The van der Waals surface area contributed by atoms with Gasteiger partial charge in [0, 0.05) is 52.2 Å². The second-order valence-electron chi connectivity index (χ2n) is 9.64. The van der Waals surface area contributed by atoms with Gasteiger partial charge in [-0.05, 0) is 30.2 Å². The van der Waals surface area contributed by atoms with E-state index < -0.39 is 5.56 Å². The Kier molecular flexibility index (Phi) is 7.59. The minimum absolute atomic E-state index is 0.0863. The van der Waals surface area contributed by atoms with Crippen molar-refractivity contribution in [2.75, 3.05) is 51.3 Å². The van der Waals surface area contributed by atoms with E-state index in [1.165, 1.54) is 5.57 Å². The van der Waals surface area contributed by atoms with Crippen LogP contribution in [-0.2, 0) is 16.1 Å². The molecule has 5 rings (SSSR count). The van der Waals surface area contributed by atoms with E-state index in [1.54, 1.807) is 12.4 Å². The molecule has 2 aromatic rings. The number of anilines is 1. The summed E-state index contributed by atoms with van der Waals surface area (Å²) < 4.78 is 5.99. The molecule has 0 saturated carbocycles. The van der Waals surface area contributed by atoms with Crippen molar-refractivity contribution in [2.24, 2.45) is 0 Å². The van der Waals surface area contributed by atoms with Crippen molar-refractivity contribution in [3.05, 3.63) is 75.1 Å². The fourth-order valence-corrected chi connectivity index (χ4v) is 5.46. The molecule has 3 aliphatic heterocycles. The molecule has 0 spiro atoms. The smallest absolute Gasteiger partial charge is 0.285 e. The number of aromatic nitrogens is 3. The number of ether oxygens (including phenoxy) is 1. The summed E-state index contributed by atoms with van der Waals surface area (Å²) in [5.41, 5.74) is 3.27. The topological polar surface area (TPSA) is 97.9 Å². The second kappa shape index (κ2) is 11.0. The summed E-state index contributed by atoms with van der Waals surface area (Å²) in [6.45, 7) is 6.37. The van der Waals surface area contributed by atoms with Gasteiger partial charge in [-0.25, -0.2) is 5.10 Å². The molecule has 1 amide bonds. The Labute approximate surface area is 221 Å². The average molecular weight is 526 g/mol. The third-order valence-corrected chi connectivity index (χ3v) is 7.54. The van der Waals surface area contributed by atoms with Gasteiger partial charge in [0.15, 0.2) is 0 Å². The highest BCUT2D eigenvalue weighted by Crippen LogP contribution is 2.38. The Balaban J connectivity index is 1.13. The Bertz CT molecular complexity index is 1250. The standard InChI is InChI=1S/C26H32ClN7O3/c1-18-5-6-22(31(2)15-18)32-9-11-33(12-10-32)23(35)7-13-37-17-21-25-19(4-3-8-28-25)16-34(21)20-14-29-30-26(36)24(20)27/h3-6,8,14-15,21-22H,7,9-13,16-17H2,1-2H3,(H,30,36)/t21-,22?/m0/s1. The third-order valence-electron chi connectivity index (χ3n) is 7.18. The number of allylic oxidation sites excluding steroid dienone is 2. The summed E-state index contributed by atoms with van der Waals surface area (Å²) in [6, 6.07) is 3.66. The maximum absolute atomic E-state index is 12.9. The fourth-order valence-electron chi connectivity index (χ4n) is 5.26. The molecule has 3 aliphatic rings. The highest BCUT2D eigenvalue weighted by Gasteiger charge is 2.34. The Morgan fingerprint density at radius 3 is 2.86 bits per heavy atom. The molecule has 37 heavy (non-hydrogen) atoms. The normalized spacial score (nSPS) is 21.8. The number of nitrogens with zero attached hydrogens (tertiary/aromatic N) is 6. The molecule has 196 valence electrons. The predicted molar refractivity (Wildman–Crippen MR) is 141 cm³/mol. The quantitative estimate of drug-likeness (QED) is 0.549. The highest BCUT2D eigenvalue weighted by molar-refractivity contribution is 6.33. The number of halogens is 1. The van der Waals surface area contributed by atoms with Crippen molar-refractivity contribution in [3.8, 4) is 0 Å². The van der Waals surface area contributed by atoms with Gasteiger partial charge in [-0.15, -0.1) is 0 Å². The first-order valence-corrected chi connectivity index (χ1v) is 12.9. The van der Waals surface area contributed by atoms with Gasteiger partial charge in [0.2, 0.25) is 5.91 Å². The van der Waals surface area contributed by atoms with Crippen LogP contribution in [-0.4, -0.2) is 88.4 Å². The zero-order valence-electron chi connectivity index (χ0n) is 21.1. The van der Waals surface area contributed by atoms with Crippen LogP contribution in [0.5, 0.6) is 0 Å². The van der Waals surface area contributed by atoms with Crippen LogP contribution in [0.2, 0.25) is 5.02 Å². The number of pyridine rings is 1. The SMILES string of the molecule is CC1=CN(C)C(N2CCN(C(=O)CCOC[C@H]3c4ncccc4CN3c3cn[nH]c(=O)c3Cl)CC2)C=C1. The summed E-state index contributed by atoms with van der Waals surface area (Å²) in [6.07, 6.45) is 10.4. The maximum atomic E-state index is 12.9. The van der Waals surface area contributed by atoms with Crippen LogP contribution < -0.4 is 10.5 Å². The van der Waals surface area contributed by atoms with Gasteiger partial charge in [-0.1, -0.05) is 23.7 Å². The summed E-state index contributed by atoms with van der Waals surface area (Å²) >= 11 is 6.30. The van der Waals surface area contributed by atoms with Crippen LogP contribution in [0.3, 0.4) is 0 Å². The summed E-state index contributed by atoms with van der Waals surface area (Å²) in [7, 11) is 2.09. The zero-order chi connectivity index (χ0) is 25.9. The van der Waals surface area contributed by atoms with Crippen molar-refractivity contribution >= 4 is 23.2 Å². The second-order valence-corrected chi connectivity index (χ2v) is 10.0. The number of hydrogen-bond acceptors (Lipinski definition) is 8. The first-order chi connectivity index (χ1) is 17.9. The minimum atomic E-state index is -0.439. The van der Waals surface area contributed by atoms with Crippen LogP contribution in [0.4, 0.5) is 5.69 Å². The van der Waals surface area contributed by atoms with Crippen molar-refractivity contribution in [1.29, 1.82) is 0 Å². The molecular formula is C26H32ClN7O3. The van der Waals surface area contributed by atoms with E-state index in [9.17, 15) is 9.59 Å². The Hall–Kier alpha value is -3.21. The number of piperazine rings is 1. The van der Waals surface area contributed by atoms with E-state index in [4.69, 9.17) is 16.3 Å². The lowest BCUT2D eigenvalue weighted by molar-refractivity contribution is -0.134. The summed E-state index contributed by atoms with van der Waals surface area (Å²) in [4.78, 5) is 38.0. The van der Waals surface area contributed by atoms with E-state index in [1.807, 2.05) is 21.9 Å². The Morgan fingerprint density at radius 2 is 2.08 bits per heavy atom. The molecule has 1 saturated heterocycles. The number of rotatable bonds is 7. The average Bonchev–Trinajstić information content (AvgIpc) is 3.26. The molecule has 1 fully saturated rings. The van der Waals surface area contributed by atoms with Gasteiger partial charge in [0.25, 0.3) is 5.56 Å². The lowest BCUT2D eigenvalue weighted by Crippen LogP contribution is -2.55. The van der Waals surface area contributed by atoms with E-state index in [0.717, 1.165) is 24.3 Å². The molecule has 2 atom stereocenters. The number of nitrogens with one attached hydrogen (secondary N) is 1. The van der Waals surface area contributed by atoms with Crippen molar-refractivity contribution in [3.63, 3.8) is 0 Å². The lowest BCUT2D eigenvalue weighted by Gasteiger charge is -2.42. The third kappa shape index (κ3) is 5.41. The number of carbonyl (C=O) groups excluding carboxylic acids is 1. The van der Waals surface area contributed by atoms with Crippen LogP contribution >= 0.6 is 11.6 Å². The highest BCUT2D eigenvalue weighted by atomic mass is 35.5. The molecule has 0 aromatic carbocycles. The molecule has 5 heterocycles. The molecule has 11 heteroatoms. The molecule has 1 N–H and O–H groups in total. The number of hydrogen-bond donors (Lipinski definition) is 1. The predicted octanol–water partition coefficient (Wildman–Crippen LogP) is 2.16. The first-order valence-electron chi connectivity index (χ1n) is 12.5. The van der Waals surface area contributed by atoms with Crippen molar-refractivity contribution in [2.45, 2.75) is 32.1 Å². The zero-order valence-corrected chi connectivity index (χ0v) is 21.9. The first kappa shape index (κ1) is 25.4. The van der Waals surface area contributed by atoms with Crippen LogP contribution in [0.25, 0.3) is 0 Å². The largest absolute Gasteiger partial charge is 0.378 e. The maximum Gasteiger partial charge on any atom is 0.285 e. The number of aromatic amines is 1. The van der Waals surface area contributed by atoms with Crippen LogP contribution in [0.1, 0.15) is 30.6 Å². The molecule has 2 aromatic heterocycles. The van der Waals surface area contributed by atoms with Gasteiger partial charge < -0.3 is 19.4 Å². The number of amides is 1. The van der Waals surface area contributed by atoms with Gasteiger partial charge in [0.1, 0.15) is 11.2 Å². The molecule has 10 nitrogen and oxygen atoms in total. The Morgan fingerprint density at radius 1 is 1.27 bits per heavy atom. The molecule has 1 unspecified atom stereocenters. The van der Waals surface area contributed by atoms with Gasteiger partial charge >= 0.3 is 0 Å².